The first-order valence-electron chi connectivity index (χ1n) is 6.62. The molecular formula is C15H20BrFO. The lowest BCUT2D eigenvalue weighted by Crippen LogP contribution is -1.99. The molecule has 18 heavy (non-hydrogen) atoms. The Kier molecular flexibility index (Phi) is 7.18. The SMILES string of the molecule is CCCCCCCCC(=O)c1cc(F)cc(Br)c1. The van der Waals surface area contributed by atoms with E-state index >= 15 is 0 Å². The average Bonchev–Trinajstić information content (AvgIpc) is 2.32. The molecule has 0 saturated heterocycles. The number of rotatable bonds is 8. The molecule has 0 aromatic heterocycles. The lowest BCUT2D eigenvalue weighted by molar-refractivity contribution is 0.0978. The summed E-state index contributed by atoms with van der Waals surface area (Å²) in [6, 6.07) is 4.36. The number of halogens is 2. The average molecular weight is 315 g/mol. The van der Waals surface area contributed by atoms with Gasteiger partial charge in [0, 0.05) is 16.5 Å². The van der Waals surface area contributed by atoms with E-state index in [0.717, 1.165) is 12.8 Å². The van der Waals surface area contributed by atoms with Gasteiger partial charge in [0.25, 0.3) is 0 Å². The third-order valence-corrected chi connectivity index (χ3v) is 3.40. The monoisotopic (exact) mass is 314 g/mol. The molecule has 0 fully saturated rings. The summed E-state index contributed by atoms with van der Waals surface area (Å²) in [6.45, 7) is 2.19. The van der Waals surface area contributed by atoms with Crippen molar-refractivity contribution in [3.05, 3.63) is 34.1 Å². The molecule has 1 aromatic carbocycles. The minimum Gasteiger partial charge on any atom is -0.294 e. The van der Waals surface area contributed by atoms with Gasteiger partial charge in [-0.25, -0.2) is 4.39 Å². The largest absolute Gasteiger partial charge is 0.294 e. The lowest BCUT2D eigenvalue weighted by Gasteiger charge is -2.03. The van der Waals surface area contributed by atoms with E-state index in [9.17, 15) is 9.18 Å². The van der Waals surface area contributed by atoms with Crippen LogP contribution in [-0.4, -0.2) is 5.78 Å². The predicted octanol–water partition coefficient (Wildman–Crippen LogP) is 5.52. The first kappa shape index (κ1) is 15.4. The standard InChI is InChI=1S/C15H20BrFO/c1-2-3-4-5-6-7-8-15(18)12-9-13(16)11-14(17)10-12/h9-11H,2-8H2,1H3. The summed E-state index contributed by atoms with van der Waals surface area (Å²) < 4.78 is 13.8. The highest BCUT2D eigenvalue weighted by molar-refractivity contribution is 9.10. The first-order chi connectivity index (χ1) is 8.63. The van der Waals surface area contributed by atoms with Gasteiger partial charge in [-0.05, 0) is 24.6 Å². The number of hydrogen-bond acceptors (Lipinski definition) is 1. The topological polar surface area (TPSA) is 17.1 Å². The highest BCUT2D eigenvalue weighted by Gasteiger charge is 2.08. The van der Waals surface area contributed by atoms with Crippen LogP contribution in [0.5, 0.6) is 0 Å². The second kappa shape index (κ2) is 8.41. The summed E-state index contributed by atoms with van der Waals surface area (Å²) in [5.41, 5.74) is 0.468. The number of carbonyl (C=O) groups is 1. The molecule has 0 aliphatic heterocycles. The Morgan fingerprint density at radius 1 is 1.11 bits per heavy atom. The molecular weight excluding hydrogens is 295 g/mol. The third kappa shape index (κ3) is 5.76. The molecule has 100 valence electrons. The zero-order valence-electron chi connectivity index (χ0n) is 10.8. The molecule has 0 bridgehead atoms. The van der Waals surface area contributed by atoms with Crippen LogP contribution in [0.4, 0.5) is 4.39 Å². The maximum atomic E-state index is 13.1. The predicted molar refractivity (Wildman–Crippen MR) is 76.4 cm³/mol. The van der Waals surface area contributed by atoms with E-state index in [1.807, 2.05) is 0 Å². The zero-order valence-corrected chi connectivity index (χ0v) is 12.4. The summed E-state index contributed by atoms with van der Waals surface area (Å²) in [5.74, 6) is -0.332. The first-order valence-corrected chi connectivity index (χ1v) is 7.42. The van der Waals surface area contributed by atoms with Crippen LogP contribution in [0, 0.1) is 5.82 Å². The summed E-state index contributed by atoms with van der Waals surface area (Å²) in [6.07, 6.45) is 7.44. The summed E-state index contributed by atoms with van der Waals surface area (Å²) >= 11 is 3.20. The number of unbranched alkanes of at least 4 members (excludes halogenated alkanes) is 5. The molecule has 1 rings (SSSR count). The molecule has 1 nitrogen and oxygen atoms in total. The summed E-state index contributed by atoms with van der Waals surface area (Å²) in [5, 5.41) is 0. The molecule has 0 aliphatic rings. The van der Waals surface area contributed by atoms with Gasteiger partial charge in [0.05, 0.1) is 0 Å². The quantitative estimate of drug-likeness (QED) is 0.456. The van der Waals surface area contributed by atoms with Crippen molar-refractivity contribution in [1.29, 1.82) is 0 Å². The van der Waals surface area contributed by atoms with E-state index < -0.39 is 0 Å². The van der Waals surface area contributed by atoms with Gasteiger partial charge in [-0.1, -0.05) is 55.0 Å². The molecule has 0 amide bonds. The van der Waals surface area contributed by atoms with E-state index in [0.29, 0.717) is 16.5 Å². The second-order valence-corrected chi connectivity index (χ2v) is 5.51. The van der Waals surface area contributed by atoms with E-state index in [1.54, 1.807) is 6.07 Å². The fourth-order valence-electron chi connectivity index (χ4n) is 1.93. The smallest absolute Gasteiger partial charge is 0.163 e. The van der Waals surface area contributed by atoms with Gasteiger partial charge in [-0.2, -0.15) is 0 Å². The summed E-state index contributed by atoms with van der Waals surface area (Å²) in [4.78, 5) is 11.9. The van der Waals surface area contributed by atoms with E-state index in [1.165, 1.54) is 37.8 Å². The molecule has 0 spiro atoms. The van der Waals surface area contributed by atoms with Gasteiger partial charge in [0.1, 0.15) is 5.82 Å². The van der Waals surface area contributed by atoms with Crippen LogP contribution in [0.3, 0.4) is 0 Å². The Balaban J connectivity index is 2.32. The molecule has 1 aromatic rings. The van der Waals surface area contributed by atoms with Crippen molar-refractivity contribution in [2.24, 2.45) is 0 Å². The van der Waals surface area contributed by atoms with Crippen molar-refractivity contribution in [3.63, 3.8) is 0 Å². The second-order valence-electron chi connectivity index (χ2n) is 4.60. The van der Waals surface area contributed by atoms with E-state index in [4.69, 9.17) is 0 Å². The summed E-state index contributed by atoms with van der Waals surface area (Å²) in [7, 11) is 0. The van der Waals surface area contributed by atoms with Crippen LogP contribution < -0.4 is 0 Å². The van der Waals surface area contributed by atoms with Crippen molar-refractivity contribution >= 4 is 21.7 Å². The van der Waals surface area contributed by atoms with Crippen LogP contribution in [0.15, 0.2) is 22.7 Å². The highest BCUT2D eigenvalue weighted by Crippen LogP contribution is 2.17. The van der Waals surface area contributed by atoms with Crippen LogP contribution in [-0.2, 0) is 0 Å². The minimum absolute atomic E-state index is 0.0330. The normalized spacial score (nSPS) is 10.6. The maximum Gasteiger partial charge on any atom is 0.163 e. The Labute approximate surface area is 117 Å². The van der Waals surface area contributed by atoms with Crippen LogP contribution in [0.25, 0.3) is 0 Å². The van der Waals surface area contributed by atoms with Gasteiger partial charge < -0.3 is 0 Å². The fourth-order valence-corrected chi connectivity index (χ4v) is 2.39. The number of ketones is 1. The van der Waals surface area contributed by atoms with Gasteiger partial charge in [-0.3, -0.25) is 4.79 Å². The van der Waals surface area contributed by atoms with E-state index in [-0.39, 0.29) is 11.6 Å². The number of benzene rings is 1. The van der Waals surface area contributed by atoms with Crippen molar-refractivity contribution in [2.75, 3.05) is 0 Å². The van der Waals surface area contributed by atoms with Crippen molar-refractivity contribution < 1.29 is 9.18 Å². The lowest BCUT2D eigenvalue weighted by atomic mass is 10.0. The van der Waals surface area contributed by atoms with E-state index in [2.05, 4.69) is 22.9 Å². The minimum atomic E-state index is -0.365. The van der Waals surface area contributed by atoms with Gasteiger partial charge in [0.15, 0.2) is 5.78 Å². The molecule has 0 radical (unpaired) electrons. The molecule has 0 saturated carbocycles. The Morgan fingerprint density at radius 2 is 1.78 bits per heavy atom. The molecule has 0 unspecified atom stereocenters. The Morgan fingerprint density at radius 3 is 2.44 bits per heavy atom. The van der Waals surface area contributed by atoms with Gasteiger partial charge in [0.2, 0.25) is 0 Å². The maximum absolute atomic E-state index is 13.1. The van der Waals surface area contributed by atoms with Crippen molar-refractivity contribution in [3.8, 4) is 0 Å². The number of Topliss-reactive ketones (excluding diaryl/α,β-unsaturated/α-hetero) is 1. The molecule has 3 heteroatoms. The van der Waals surface area contributed by atoms with Crippen LogP contribution in [0.2, 0.25) is 0 Å². The third-order valence-electron chi connectivity index (χ3n) is 2.94. The number of hydrogen-bond donors (Lipinski definition) is 0. The van der Waals surface area contributed by atoms with Crippen molar-refractivity contribution in [2.45, 2.75) is 51.9 Å². The number of carbonyl (C=O) groups excluding carboxylic acids is 1. The van der Waals surface area contributed by atoms with Crippen LogP contribution >= 0.6 is 15.9 Å². The molecule has 0 aliphatic carbocycles. The Hall–Kier alpha value is -0.700. The van der Waals surface area contributed by atoms with Crippen molar-refractivity contribution in [1.82, 2.24) is 0 Å². The highest BCUT2D eigenvalue weighted by atomic mass is 79.9. The molecule has 0 atom stereocenters. The van der Waals surface area contributed by atoms with Gasteiger partial charge >= 0.3 is 0 Å². The van der Waals surface area contributed by atoms with Crippen LogP contribution in [0.1, 0.15) is 62.2 Å². The zero-order chi connectivity index (χ0) is 13.4. The molecule has 0 N–H and O–H groups in total. The fraction of sp³-hybridized carbons (Fsp3) is 0.533. The van der Waals surface area contributed by atoms with Gasteiger partial charge in [-0.15, -0.1) is 0 Å². The molecule has 0 heterocycles. The Bertz CT molecular complexity index is 370.